The van der Waals surface area contributed by atoms with E-state index in [-0.39, 0.29) is 17.6 Å². The van der Waals surface area contributed by atoms with Crippen LogP contribution in [-0.4, -0.2) is 41.8 Å². The molecule has 0 aliphatic rings. The number of anilines is 1. The van der Waals surface area contributed by atoms with Crippen molar-refractivity contribution < 1.29 is 28.9 Å². The van der Waals surface area contributed by atoms with Gasteiger partial charge in [0.2, 0.25) is 0 Å². The Labute approximate surface area is 177 Å². The summed E-state index contributed by atoms with van der Waals surface area (Å²) in [5, 5.41) is 14.0. The molecule has 1 aromatic heterocycles. The van der Waals surface area contributed by atoms with Crippen LogP contribution in [0.5, 0.6) is 17.2 Å². The smallest absolute Gasteiger partial charge is 0.335 e. The molecule has 8 nitrogen and oxygen atoms in total. The molecule has 0 radical (unpaired) electrons. The maximum Gasteiger partial charge on any atom is 0.335 e. The Morgan fingerprint density at radius 1 is 1.10 bits per heavy atom. The standard InChI is InChI=1S/C21H20N2O6S/c1-13(12-27-2)28-17-9-15(19(24)23-21-22-7-8-30-21)10-18(11-17)29-16-5-3-14(4-6-16)20(25)26/h3-11,13H,12H2,1-2H3,(H,25,26)(H,22,23,24). The third-order valence-corrected chi connectivity index (χ3v) is 4.56. The highest BCUT2D eigenvalue weighted by Gasteiger charge is 2.14. The first-order valence-electron chi connectivity index (χ1n) is 8.97. The molecule has 0 aliphatic heterocycles. The minimum absolute atomic E-state index is 0.149. The number of methoxy groups -OCH3 is 1. The van der Waals surface area contributed by atoms with Crippen LogP contribution in [-0.2, 0) is 4.74 Å². The lowest BCUT2D eigenvalue weighted by Gasteiger charge is -2.16. The van der Waals surface area contributed by atoms with E-state index in [2.05, 4.69) is 10.3 Å². The van der Waals surface area contributed by atoms with Crippen LogP contribution in [0.3, 0.4) is 0 Å². The van der Waals surface area contributed by atoms with Crippen molar-refractivity contribution in [3.63, 3.8) is 0 Å². The molecule has 0 saturated carbocycles. The Kier molecular flexibility index (Phi) is 6.99. The first-order valence-corrected chi connectivity index (χ1v) is 9.85. The van der Waals surface area contributed by atoms with Crippen LogP contribution in [0.25, 0.3) is 0 Å². The van der Waals surface area contributed by atoms with Crippen molar-refractivity contribution in [3.8, 4) is 17.2 Å². The van der Waals surface area contributed by atoms with Gasteiger partial charge in [-0.2, -0.15) is 0 Å². The zero-order chi connectivity index (χ0) is 21.5. The second-order valence-corrected chi connectivity index (χ2v) is 7.19. The van der Waals surface area contributed by atoms with E-state index in [1.807, 2.05) is 6.92 Å². The number of nitrogens with zero attached hydrogens (tertiary/aromatic N) is 1. The normalized spacial score (nSPS) is 11.5. The van der Waals surface area contributed by atoms with Gasteiger partial charge in [0, 0.05) is 30.3 Å². The van der Waals surface area contributed by atoms with Gasteiger partial charge in [-0.15, -0.1) is 11.3 Å². The van der Waals surface area contributed by atoms with Gasteiger partial charge in [-0.25, -0.2) is 9.78 Å². The van der Waals surface area contributed by atoms with Crippen molar-refractivity contribution in [1.29, 1.82) is 0 Å². The van der Waals surface area contributed by atoms with Gasteiger partial charge in [-0.1, -0.05) is 0 Å². The molecule has 3 rings (SSSR count). The van der Waals surface area contributed by atoms with Gasteiger partial charge < -0.3 is 19.3 Å². The van der Waals surface area contributed by atoms with Gasteiger partial charge in [0.05, 0.1) is 12.2 Å². The van der Waals surface area contributed by atoms with Crippen LogP contribution < -0.4 is 14.8 Å². The minimum Gasteiger partial charge on any atom is -0.488 e. The summed E-state index contributed by atoms with van der Waals surface area (Å²) in [5.74, 6) is -0.160. The summed E-state index contributed by atoms with van der Waals surface area (Å²) in [5.41, 5.74) is 0.473. The lowest BCUT2D eigenvalue weighted by molar-refractivity contribution is 0.0696. The fourth-order valence-corrected chi connectivity index (χ4v) is 3.11. The number of carbonyl (C=O) groups is 2. The molecular weight excluding hydrogens is 408 g/mol. The van der Waals surface area contributed by atoms with E-state index in [0.717, 1.165) is 0 Å². The Morgan fingerprint density at radius 3 is 2.47 bits per heavy atom. The summed E-state index contributed by atoms with van der Waals surface area (Å²) in [6, 6.07) is 10.8. The zero-order valence-corrected chi connectivity index (χ0v) is 17.1. The molecule has 0 fully saturated rings. The molecule has 0 saturated heterocycles. The Morgan fingerprint density at radius 2 is 1.83 bits per heavy atom. The Balaban J connectivity index is 1.86. The van der Waals surface area contributed by atoms with E-state index in [4.69, 9.17) is 19.3 Å². The molecule has 1 unspecified atom stereocenters. The molecular formula is C21H20N2O6S. The number of carboxylic acids is 1. The molecule has 1 amide bonds. The molecule has 9 heteroatoms. The number of thiazole rings is 1. The number of aromatic nitrogens is 1. The lowest BCUT2D eigenvalue weighted by Crippen LogP contribution is -2.18. The average Bonchev–Trinajstić information content (AvgIpc) is 3.21. The molecule has 2 aromatic carbocycles. The predicted molar refractivity (Wildman–Crippen MR) is 112 cm³/mol. The number of rotatable bonds is 9. The molecule has 0 spiro atoms. The van der Waals surface area contributed by atoms with Crippen LogP contribution >= 0.6 is 11.3 Å². The highest BCUT2D eigenvalue weighted by Crippen LogP contribution is 2.29. The first kappa shape index (κ1) is 21.3. The monoisotopic (exact) mass is 428 g/mol. The minimum atomic E-state index is -1.02. The second-order valence-electron chi connectivity index (χ2n) is 6.30. The fraction of sp³-hybridized carbons (Fsp3) is 0.190. The number of carboxylic acid groups (broad SMARTS) is 1. The van der Waals surface area contributed by atoms with E-state index < -0.39 is 5.97 Å². The summed E-state index contributed by atoms with van der Waals surface area (Å²) >= 11 is 1.31. The van der Waals surface area contributed by atoms with Gasteiger partial charge in [-0.05, 0) is 43.3 Å². The van der Waals surface area contributed by atoms with Gasteiger partial charge in [0.15, 0.2) is 5.13 Å². The van der Waals surface area contributed by atoms with Crippen molar-refractivity contribution >= 4 is 28.3 Å². The number of carbonyl (C=O) groups excluding carboxylic acids is 1. The molecule has 156 valence electrons. The van der Waals surface area contributed by atoms with E-state index in [1.165, 1.54) is 23.5 Å². The zero-order valence-electron chi connectivity index (χ0n) is 16.3. The number of benzene rings is 2. The highest BCUT2D eigenvalue weighted by atomic mass is 32.1. The van der Waals surface area contributed by atoms with Crippen LogP contribution in [0.2, 0.25) is 0 Å². The molecule has 2 N–H and O–H groups in total. The molecule has 3 aromatic rings. The van der Waals surface area contributed by atoms with E-state index in [9.17, 15) is 9.59 Å². The van der Waals surface area contributed by atoms with Crippen molar-refractivity contribution in [2.45, 2.75) is 13.0 Å². The lowest BCUT2D eigenvalue weighted by atomic mass is 10.2. The summed E-state index contributed by atoms with van der Waals surface area (Å²) in [6.45, 7) is 2.22. The highest BCUT2D eigenvalue weighted by molar-refractivity contribution is 7.13. The SMILES string of the molecule is COCC(C)Oc1cc(Oc2ccc(C(=O)O)cc2)cc(C(=O)Nc2nccs2)c1. The number of aromatic carboxylic acids is 1. The largest absolute Gasteiger partial charge is 0.488 e. The summed E-state index contributed by atoms with van der Waals surface area (Å²) in [6.07, 6.45) is 1.36. The molecule has 1 atom stereocenters. The van der Waals surface area contributed by atoms with Crippen molar-refractivity contribution in [2.24, 2.45) is 0 Å². The topological polar surface area (TPSA) is 107 Å². The molecule has 0 aliphatic carbocycles. The number of hydrogen-bond acceptors (Lipinski definition) is 7. The summed E-state index contributed by atoms with van der Waals surface area (Å²) in [7, 11) is 1.58. The van der Waals surface area contributed by atoms with Crippen LogP contribution in [0.1, 0.15) is 27.6 Å². The van der Waals surface area contributed by atoms with Gasteiger partial charge in [-0.3, -0.25) is 10.1 Å². The van der Waals surface area contributed by atoms with E-state index >= 15 is 0 Å². The number of ether oxygens (including phenoxy) is 3. The second kappa shape index (κ2) is 9.86. The fourth-order valence-electron chi connectivity index (χ4n) is 2.59. The van der Waals surface area contributed by atoms with Gasteiger partial charge >= 0.3 is 5.97 Å². The van der Waals surface area contributed by atoms with Crippen molar-refractivity contribution in [2.75, 3.05) is 19.0 Å². The molecule has 30 heavy (non-hydrogen) atoms. The first-order chi connectivity index (χ1) is 14.4. The summed E-state index contributed by atoms with van der Waals surface area (Å²) in [4.78, 5) is 27.7. The van der Waals surface area contributed by atoms with Gasteiger partial charge in [0.25, 0.3) is 5.91 Å². The number of hydrogen-bond donors (Lipinski definition) is 2. The maximum atomic E-state index is 12.7. The molecule has 0 bridgehead atoms. The predicted octanol–water partition coefficient (Wildman–Crippen LogP) is 4.30. The average molecular weight is 428 g/mol. The van der Waals surface area contributed by atoms with Crippen molar-refractivity contribution in [3.05, 3.63) is 65.2 Å². The maximum absolute atomic E-state index is 12.7. The third kappa shape index (κ3) is 5.79. The van der Waals surface area contributed by atoms with Crippen LogP contribution in [0.15, 0.2) is 54.0 Å². The van der Waals surface area contributed by atoms with Gasteiger partial charge in [0.1, 0.15) is 23.4 Å². The third-order valence-electron chi connectivity index (χ3n) is 3.87. The van der Waals surface area contributed by atoms with Crippen LogP contribution in [0.4, 0.5) is 5.13 Å². The number of amides is 1. The summed E-state index contributed by atoms with van der Waals surface area (Å²) < 4.78 is 16.7. The number of nitrogens with one attached hydrogen (secondary N) is 1. The van der Waals surface area contributed by atoms with Crippen LogP contribution in [0, 0.1) is 0 Å². The Hall–Kier alpha value is -3.43. The van der Waals surface area contributed by atoms with E-state index in [1.54, 1.807) is 49.0 Å². The Bertz CT molecular complexity index is 1000. The van der Waals surface area contributed by atoms with Crippen molar-refractivity contribution in [1.82, 2.24) is 4.98 Å². The molecule has 1 heterocycles. The van der Waals surface area contributed by atoms with E-state index in [0.29, 0.717) is 34.6 Å². The quantitative estimate of drug-likeness (QED) is 0.523.